The fourth-order valence-electron chi connectivity index (χ4n) is 4.13. The number of halogens is 3. The minimum absolute atomic E-state index is 0.0989. The molecule has 0 saturated carbocycles. The van der Waals surface area contributed by atoms with E-state index in [0.717, 1.165) is 55.5 Å². The van der Waals surface area contributed by atoms with E-state index in [2.05, 4.69) is 25.0 Å². The molecule has 0 unspecified atom stereocenters. The van der Waals surface area contributed by atoms with Gasteiger partial charge in [0.15, 0.2) is 0 Å². The van der Waals surface area contributed by atoms with Crippen LogP contribution in [0.15, 0.2) is 42.7 Å². The van der Waals surface area contributed by atoms with Crippen LogP contribution in [0.1, 0.15) is 0 Å². The van der Waals surface area contributed by atoms with Gasteiger partial charge in [-0.25, -0.2) is 13.8 Å². The van der Waals surface area contributed by atoms with E-state index < -0.39 is 11.6 Å². The van der Waals surface area contributed by atoms with Gasteiger partial charge >= 0.3 is 0 Å². The first kappa shape index (κ1) is 21.7. The molecule has 0 bridgehead atoms. The molecule has 0 aliphatic carbocycles. The number of nitrogens with two attached hydrogens (primary N) is 1. The predicted octanol–water partition coefficient (Wildman–Crippen LogP) is 3.70. The zero-order valence-corrected chi connectivity index (χ0v) is 18.5. The highest BCUT2D eigenvalue weighted by Gasteiger charge is 2.20. The highest BCUT2D eigenvalue weighted by molar-refractivity contribution is 6.31. The fourth-order valence-corrected chi connectivity index (χ4v) is 4.29. The molecule has 1 saturated heterocycles. The third kappa shape index (κ3) is 4.27. The normalized spacial score (nSPS) is 14.8. The number of rotatable bonds is 5. The van der Waals surface area contributed by atoms with Crippen LogP contribution in [0, 0.1) is 11.6 Å². The van der Waals surface area contributed by atoms with Crippen LogP contribution in [0.3, 0.4) is 0 Å². The first-order valence-corrected chi connectivity index (χ1v) is 11.0. The largest absolute Gasteiger partial charge is 0.368 e. The van der Waals surface area contributed by atoms with Gasteiger partial charge in [-0.15, -0.1) is 0 Å². The number of benzene rings is 1. The number of hydrogen-bond acceptors (Lipinski definition) is 6. The Hall–Kier alpha value is -3.14. The van der Waals surface area contributed by atoms with Crippen LogP contribution >= 0.6 is 11.6 Å². The molecule has 3 N–H and O–H groups in total. The van der Waals surface area contributed by atoms with Gasteiger partial charge < -0.3 is 10.6 Å². The molecule has 170 valence electrons. The Morgan fingerprint density at radius 1 is 1.00 bits per heavy atom. The lowest BCUT2D eigenvalue weighted by Crippen LogP contribution is -2.47. The molecule has 0 radical (unpaired) electrons. The van der Waals surface area contributed by atoms with Crippen LogP contribution in [0.25, 0.3) is 33.5 Å². The monoisotopic (exact) mass is 469 g/mol. The molecule has 0 atom stereocenters. The van der Waals surface area contributed by atoms with Gasteiger partial charge in [-0.2, -0.15) is 5.10 Å². The number of aromatic nitrogens is 4. The number of fused-ring (bicyclic) bond motifs is 1. The van der Waals surface area contributed by atoms with Crippen molar-refractivity contribution in [2.75, 3.05) is 44.2 Å². The molecule has 33 heavy (non-hydrogen) atoms. The molecule has 4 heterocycles. The number of pyridine rings is 2. The minimum atomic E-state index is -0.818. The molecule has 1 aromatic carbocycles. The quantitative estimate of drug-likeness (QED) is 0.433. The lowest BCUT2D eigenvalue weighted by atomic mass is 10.0. The molecule has 0 amide bonds. The summed E-state index contributed by atoms with van der Waals surface area (Å²) in [5, 5.41) is 6.74. The fraction of sp³-hybridized carbons (Fsp3) is 0.261. The average Bonchev–Trinajstić information content (AvgIpc) is 3.31. The summed E-state index contributed by atoms with van der Waals surface area (Å²) < 4.78 is 28.1. The van der Waals surface area contributed by atoms with E-state index in [1.54, 1.807) is 12.3 Å². The van der Waals surface area contributed by atoms with Crippen LogP contribution in [0.2, 0.25) is 5.02 Å². The molecule has 0 spiro atoms. The second kappa shape index (κ2) is 9.01. The van der Waals surface area contributed by atoms with E-state index in [4.69, 9.17) is 22.3 Å². The maximum absolute atomic E-state index is 14.5. The van der Waals surface area contributed by atoms with Gasteiger partial charge in [-0.05, 0) is 24.3 Å². The summed E-state index contributed by atoms with van der Waals surface area (Å²) in [6.07, 6.45) is 3.50. The first-order chi connectivity index (χ1) is 16.0. The van der Waals surface area contributed by atoms with E-state index in [1.165, 1.54) is 6.07 Å². The van der Waals surface area contributed by atoms with Crippen molar-refractivity contribution in [3.05, 3.63) is 59.4 Å². The maximum Gasteiger partial charge on any atom is 0.144 e. The maximum atomic E-state index is 14.5. The number of anilines is 1. The number of aromatic amines is 1. The first-order valence-electron chi connectivity index (χ1n) is 10.7. The second-order valence-corrected chi connectivity index (χ2v) is 8.35. The Labute approximate surface area is 194 Å². The highest BCUT2D eigenvalue weighted by atomic mass is 35.5. The average molecular weight is 470 g/mol. The summed E-state index contributed by atoms with van der Waals surface area (Å²) in [7, 11) is 0. The molecular formula is C23H22ClF2N7. The van der Waals surface area contributed by atoms with Crippen molar-refractivity contribution in [1.29, 1.82) is 0 Å². The van der Waals surface area contributed by atoms with Crippen LogP contribution in [-0.4, -0.2) is 64.3 Å². The second-order valence-electron chi connectivity index (χ2n) is 7.94. The smallest absolute Gasteiger partial charge is 0.144 e. The summed E-state index contributed by atoms with van der Waals surface area (Å²) >= 11 is 5.88. The molecule has 5 rings (SSSR count). The molecule has 1 aliphatic rings. The van der Waals surface area contributed by atoms with Gasteiger partial charge in [0.2, 0.25) is 0 Å². The molecule has 1 aliphatic heterocycles. The van der Waals surface area contributed by atoms with Crippen molar-refractivity contribution >= 4 is 28.3 Å². The molecule has 10 heteroatoms. The Kier molecular flexibility index (Phi) is 5.92. The van der Waals surface area contributed by atoms with E-state index in [9.17, 15) is 8.78 Å². The van der Waals surface area contributed by atoms with Gasteiger partial charge in [-0.3, -0.25) is 15.0 Å². The summed E-state index contributed by atoms with van der Waals surface area (Å²) in [6.45, 7) is 5.25. The summed E-state index contributed by atoms with van der Waals surface area (Å²) in [5.74, 6) is -1.56. The van der Waals surface area contributed by atoms with Crippen molar-refractivity contribution in [1.82, 2.24) is 25.1 Å². The number of piperazine rings is 1. The minimum Gasteiger partial charge on any atom is -0.368 e. The van der Waals surface area contributed by atoms with E-state index >= 15 is 0 Å². The number of nitrogens with one attached hydrogen (secondary N) is 1. The van der Waals surface area contributed by atoms with Crippen molar-refractivity contribution in [2.45, 2.75) is 0 Å². The number of H-pyrrole nitrogens is 1. The summed E-state index contributed by atoms with van der Waals surface area (Å²) in [6, 6.07) is 7.67. The van der Waals surface area contributed by atoms with Crippen LogP contribution in [-0.2, 0) is 0 Å². The zero-order chi connectivity index (χ0) is 22.9. The van der Waals surface area contributed by atoms with Crippen LogP contribution < -0.4 is 10.6 Å². The highest BCUT2D eigenvalue weighted by Crippen LogP contribution is 2.34. The molecule has 7 nitrogen and oxygen atoms in total. The van der Waals surface area contributed by atoms with Crippen molar-refractivity contribution in [2.24, 2.45) is 5.73 Å². The Morgan fingerprint density at radius 3 is 2.61 bits per heavy atom. The molecule has 4 aromatic rings. The Bertz CT molecular complexity index is 1300. The van der Waals surface area contributed by atoms with Crippen LogP contribution in [0.5, 0.6) is 0 Å². The van der Waals surface area contributed by atoms with E-state index in [-0.39, 0.29) is 10.6 Å². The van der Waals surface area contributed by atoms with E-state index in [1.807, 2.05) is 18.3 Å². The Balaban J connectivity index is 1.48. The van der Waals surface area contributed by atoms with E-state index in [0.29, 0.717) is 23.5 Å². The van der Waals surface area contributed by atoms with Crippen molar-refractivity contribution in [3.63, 3.8) is 0 Å². The van der Waals surface area contributed by atoms with Gasteiger partial charge in [0.1, 0.15) is 17.3 Å². The lowest BCUT2D eigenvalue weighted by molar-refractivity contribution is 0.265. The predicted molar refractivity (Wildman–Crippen MR) is 125 cm³/mol. The molecule has 1 fully saturated rings. The van der Waals surface area contributed by atoms with Crippen LogP contribution in [0.4, 0.5) is 14.5 Å². The molecule has 3 aromatic heterocycles. The number of nitrogens with zero attached hydrogens (tertiary/aromatic N) is 5. The van der Waals surface area contributed by atoms with Crippen molar-refractivity contribution < 1.29 is 8.78 Å². The third-order valence-electron chi connectivity index (χ3n) is 5.89. The Morgan fingerprint density at radius 2 is 1.82 bits per heavy atom. The number of hydrogen-bond donors (Lipinski definition) is 2. The zero-order valence-electron chi connectivity index (χ0n) is 17.7. The SMILES string of the molecule is NCCN1CCN(c2cnc3ccc(-c4c[nH]nc4-c4cc(Cl)c(F)cc4F)nc3c2)CC1. The summed E-state index contributed by atoms with van der Waals surface area (Å²) in [5.41, 5.74) is 9.73. The van der Waals surface area contributed by atoms with Gasteiger partial charge in [-0.1, -0.05) is 11.6 Å². The van der Waals surface area contributed by atoms with Crippen molar-refractivity contribution in [3.8, 4) is 22.5 Å². The van der Waals surface area contributed by atoms with Gasteiger partial charge in [0.25, 0.3) is 0 Å². The lowest BCUT2D eigenvalue weighted by Gasteiger charge is -2.35. The summed E-state index contributed by atoms with van der Waals surface area (Å²) in [4.78, 5) is 14.0. The van der Waals surface area contributed by atoms with Gasteiger partial charge in [0, 0.05) is 62.7 Å². The molecular weight excluding hydrogens is 448 g/mol. The third-order valence-corrected chi connectivity index (χ3v) is 6.18. The van der Waals surface area contributed by atoms with Gasteiger partial charge in [0.05, 0.1) is 33.6 Å². The standard InChI is InChI=1S/C23H22ClF2N7/c24-17-10-15(18(25)11-19(17)26)23-16(13-29-31-23)20-1-2-21-22(30-20)9-14(12-28-21)33-7-5-32(4-3-27)6-8-33/h1-2,9-13H,3-8,27H2,(H,29,31). The topological polar surface area (TPSA) is 87.0 Å².